The summed E-state index contributed by atoms with van der Waals surface area (Å²) in [7, 11) is -4.31. The molecule has 0 saturated carbocycles. The SMILES string of the molecule is CC(C)c1cc(O)ccc1Oc1c(Cl)cc(OCP(=O)(O)O)cc1Cl. The Labute approximate surface area is 155 Å². The highest BCUT2D eigenvalue weighted by Gasteiger charge is 2.18. The van der Waals surface area contributed by atoms with E-state index in [1.54, 1.807) is 12.1 Å². The second-order valence-corrected chi connectivity index (χ2v) is 8.04. The average molecular weight is 407 g/mol. The van der Waals surface area contributed by atoms with Crippen molar-refractivity contribution in [3.05, 3.63) is 45.9 Å². The number of benzene rings is 2. The topological polar surface area (TPSA) is 96.2 Å². The van der Waals surface area contributed by atoms with Crippen molar-refractivity contribution < 1.29 is 28.9 Å². The van der Waals surface area contributed by atoms with E-state index in [9.17, 15) is 9.67 Å². The first-order valence-corrected chi connectivity index (χ1v) is 9.79. The minimum absolute atomic E-state index is 0.0884. The fourth-order valence-electron chi connectivity index (χ4n) is 2.07. The van der Waals surface area contributed by atoms with E-state index >= 15 is 0 Å². The van der Waals surface area contributed by atoms with Gasteiger partial charge in [-0.25, -0.2) is 0 Å². The zero-order chi connectivity index (χ0) is 18.8. The molecule has 0 aliphatic carbocycles. The van der Waals surface area contributed by atoms with E-state index in [4.69, 9.17) is 42.5 Å². The molecule has 0 unspecified atom stereocenters. The first-order chi connectivity index (χ1) is 11.6. The quantitative estimate of drug-likeness (QED) is 0.575. The maximum atomic E-state index is 10.9. The van der Waals surface area contributed by atoms with Crippen molar-refractivity contribution in [2.45, 2.75) is 19.8 Å². The van der Waals surface area contributed by atoms with Crippen LogP contribution in [-0.4, -0.2) is 21.2 Å². The van der Waals surface area contributed by atoms with Crippen LogP contribution in [0.25, 0.3) is 0 Å². The van der Waals surface area contributed by atoms with Crippen molar-refractivity contribution in [1.29, 1.82) is 0 Å². The Hall–Kier alpha value is -1.43. The predicted molar refractivity (Wildman–Crippen MR) is 96.3 cm³/mol. The molecule has 0 aliphatic rings. The van der Waals surface area contributed by atoms with Gasteiger partial charge in [0, 0.05) is 17.7 Å². The third-order valence-electron chi connectivity index (χ3n) is 3.20. The van der Waals surface area contributed by atoms with E-state index in [0.717, 1.165) is 5.56 Å². The van der Waals surface area contributed by atoms with Crippen LogP contribution >= 0.6 is 30.8 Å². The molecule has 0 fully saturated rings. The number of phenols is 1. The summed E-state index contributed by atoms with van der Waals surface area (Å²) in [5.41, 5.74) is 0.772. The lowest BCUT2D eigenvalue weighted by molar-refractivity contribution is 0.300. The van der Waals surface area contributed by atoms with Crippen LogP contribution in [0.1, 0.15) is 25.3 Å². The average Bonchev–Trinajstić information content (AvgIpc) is 2.49. The van der Waals surface area contributed by atoms with Gasteiger partial charge in [-0.15, -0.1) is 0 Å². The van der Waals surface area contributed by atoms with Gasteiger partial charge in [-0.3, -0.25) is 4.57 Å². The van der Waals surface area contributed by atoms with Gasteiger partial charge in [0.25, 0.3) is 0 Å². The minimum atomic E-state index is -4.31. The third kappa shape index (κ3) is 5.53. The maximum Gasteiger partial charge on any atom is 0.362 e. The Morgan fingerprint density at radius 3 is 2.24 bits per heavy atom. The fourth-order valence-corrected chi connectivity index (χ4v) is 2.93. The molecule has 2 rings (SSSR count). The molecule has 3 N–H and O–H groups in total. The Morgan fingerprint density at radius 2 is 1.72 bits per heavy atom. The Kier molecular flexibility index (Phi) is 6.25. The van der Waals surface area contributed by atoms with Crippen LogP contribution in [0.5, 0.6) is 23.0 Å². The van der Waals surface area contributed by atoms with Gasteiger partial charge in [0.15, 0.2) is 12.1 Å². The highest BCUT2D eigenvalue weighted by Crippen LogP contribution is 2.43. The molecule has 0 bridgehead atoms. The van der Waals surface area contributed by atoms with Crippen molar-refractivity contribution in [3.8, 4) is 23.0 Å². The highest BCUT2D eigenvalue weighted by molar-refractivity contribution is 7.51. The molecule has 136 valence electrons. The lowest BCUT2D eigenvalue weighted by Crippen LogP contribution is -1.99. The van der Waals surface area contributed by atoms with Gasteiger partial charge in [0.1, 0.15) is 17.2 Å². The molecule has 0 radical (unpaired) electrons. The molecular weight excluding hydrogens is 390 g/mol. The fraction of sp³-hybridized carbons (Fsp3) is 0.250. The molecule has 6 nitrogen and oxygen atoms in total. The van der Waals surface area contributed by atoms with E-state index in [-0.39, 0.29) is 33.2 Å². The normalized spacial score (nSPS) is 11.6. The second-order valence-electron chi connectivity index (χ2n) is 5.63. The smallest absolute Gasteiger partial charge is 0.362 e. The van der Waals surface area contributed by atoms with Crippen molar-refractivity contribution >= 4 is 30.8 Å². The molecule has 2 aromatic rings. The molecule has 25 heavy (non-hydrogen) atoms. The largest absolute Gasteiger partial charge is 0.508 e. The van der Waals surface area contributed by atoms with Crippen molar-refractivity contribution in [2.24, 2.45) is 0 Å². The summed E-state index contributed by atoms with van der Waals surface area (Å²) in [6.45, 7) is 3.90. The summed E-state index contributed by atoms with van der Waals surface area (Å²) in [5.74, 6) is 0.986. The Morgan fingerprint density at radius 1 is 1.12 bits per heavy atom. The van der Waals surface area contributed by atoms with Crippen LogP contribution in [-0.2, 0) is 4.57 Å². The number of rotatable bonds is 6. The monoisotopic (exact) mass is 406 g/mol. The first kappa shape index (κ1) is 19.9. The van der Waals surface area contributed by atoms with Crippen molar-refractivity contribution in [1.82, 2.24) is 0 Å². The second kappa shape index (κ2) is 7.85. The van der Waals surface area contributed by atoms with Crippen molar-refractivity contribution in [3.63, 3.8) is 0 Å². The van der Waals surface area contributed by atoms with Gasteiger partial charge in [-0.05, 0) is 24.1 Å². The van der Waals surface area contributed by atoms with E-state index in [2.05, 4.69) is 0 Å². The van der Waals surface area contributed by atoms with Gasteiger partial charge in [0.05, 0.1) is 10.0 Å². The van der Waals surface area contributed by atoms with E-state index < -0.39 is 13.9 Å². The molecule has 0 aromatic heterocycles. The van der Waals surface area contributed by atoms with E-state index in [0.29, 0.717) is 5.75 Å². The number of hydrogen-bond donors (Lipinski definition) is 3. The number of ether oxygens (including phenoxy) is 2. The summed E-state index contributed by atoms with van der Waals surface area (Å²) in [5, 5.41) is 9.88. The van der Waals surface area contributed by atoms with Gasteiger partial charge in [-0.1, -0.05) is 37.0 Å². The van der Waals surface area contributed by atoms with Crippen LogP contribution in [0.2, 0.25) is 10.0 Å². The molecular formula is C16H17Cl2O6P. The minimum Gasteiger partial charge on any atom is -0.508 e. The lowest BCUT2D eigenvalue weighted by Gasteiger charge is -2.17. The zero-order valence-electron chi connectivity index (χ0n) is 13.4. The molecule has 0 saturated heterocycles. The van der Waals surface area contributed by atoms with Crippen LogP contribution in [0.15, 0.2) is 30.3 Å². The van der Waals surface area contributed by atoms with Gasteiger partial charge >= 0.3 is 7.60 Å². The summed E-state index contributed by atoms with van der Waals surface area (Å²) in [6, 6.07) is 7.40. The number of hydrogen-bond acceptors (Lipinski definition) is 4. The maximum absolute atomic E-state index is 10.9. The van der Waals surface area contributed by atoms with Crippen LogP contribution in [0.3, 0.4) is 0 Å². The third-order valence-corrected chi connectivity index (χ3v) is 4.23. The molecule has 0 spiro atoms. The predicted octanol–water partition coefficient (Wildman–Crippen LogP) is 5.13. The molecule has 0 atom stereocenters. The molecule has 0 aliphatic heterocycles. The molecule has 0 heterocycles. The van der Waals surface area contributed by atoms with Crippen LogP contribution in [0.4, 0.5) is 0 Å². The van der Waals surface area contributed by atoms with Crippen molar-refractivity contribution in [2.75, 3.05) is 6.35 Å². The summed E-state index contributed by atoms with van der Waals surface area (Å²) in [6.07, 6.45) is -0.782. The standard InChI is InChI=1S/C16H17Cl2O6P/c1-9(2)12-5-10(19)3-4-15(12)24-16-13(17)6-11(7-14(16)18)23-8-25(20,21)22/h3-7,9,19H,8H2,1-2H3,(H2,20,21,22). The highest BCUT2D eigenvalue weighted by atomic mass is 35.5. The van der Waals surface area contributed by atoms with Gasteiger partial charge < -0.3 is 24.4 Å². The number of halogens is 2. The van der Waals surface area contributed by atoms with Crippen LogP contribution in [0, 0.1) is 0 Å². The van der Waals surface area contributed by atoms with Crippen LogP contribution < -0.4 is 9.47 Å². The Balaban J connectivity index is 2.31. The van der Waals surface area contributed by atoms with E-state index in [1.165, 1.54) is 18.2 Å². The number of phenolic OH excluding ortho intramolecular Hbond substituents is 1. The Bertz CT molecular complexity index is 795. The van der Waals surface area contributed by atoms with Gasteiger partial charge in [0.2, 0.25) is 0 Å². The summed E-state index contributed by atoms with van der Waals surface area (Å²) < 4.78 is 21.7. The van der Waals surface area contributed by atoms with E-state index in [1.807, 2.05) is 13.8 Å². The molecule has 2 aromatic carbocycles. The molecule has 0 amide bonds. The van der Waals surface area contributed by atoms with Gasteiger partial charge in [-0.2, -0.15) is 0 Å². The summed E-state index contributed by atoms with van der Waals surface area (Å²) in [4.78, 5) is 17.7. The lowest BCUT2D eigenvalue weighted by atomic mass is 10.0. The number of aromatic hydroxyl groups is 1. The first-order valence-electron chi connectivity index (χ1n) is 7.24. The zero-order valence-corrected chi connectivity index (χ0v) is 15.8. The molecule has 9 heteroatoms. The summed E-state index contributed by atoms with van der Waals surface area (Å²) >= 11 is 12.3.